The lowest BCUT2D eigenvalue weighted by molar-refractivity contribution is -0.143. The molecule has 0 radical (unpaired) electrons. The first-order valence-corrected chi connectivity index (χ1v) is 14.9. The minimum atomic E-state index is -0.797. The molecule has 2 aromatic rings. The predicted molar refractivity (Wildman–Crippen MR) is 157 cm³/mol. The van der Waals surface area contributed by atoms with Crippen molar-refractivity contribution in [1.82, 2.24) is 19.7 Å². The van der Waals surface area contributed by atoms with Crippen LogP contribution in [-0.4, -0.2) is 96.1 Å². The lowest BCUT2D eigenvalue weighted by atomic mass is 9.83. The second-order valence-corrected chi connectivity index (χ2v) is 11.5. The molecule has 1 fully saturated rings. The molecule has 1 aromatic heterocycles. The highest BCUT2D eigenvalue weighted by atomic mass is 16.5. The van der Waals surface area contributed by atoms with E-state index < -0.39 is 11.9 Å². The number of amides is 1. The van der Waals surface area contributed by atoms with Crippen molar-refractivity contribution in [1.29, 1.82) is 0 Å². The minimum Gasteiger partial charge on any atom is -0.493 e. The van der Waals surface area contributed by atoms with Gasteiger partial charge in [0.2, 0.25) is 5.91 Å². The summed E-state index contributed by atoms with van der Waals surface area (Å²) in [5.41, 5.74) is 3.12. The number of aryl methyl sites for hydroxylation is 1. The number of fused-ring (bicyclic) bond motifs is 1. The first-order chi connectivity index (χ1) is 19.4. The number of rotatable bonds is 15. The number of carboxylic acids is 1. The fourth-order valence-electron chi connectivity index (χ4n) is 6.18. The zero-order chi connectivity index (χ0) is 28.5. The zero-order valence-corrected chi connectivity index (χ0v) is 24.4. The summed E-state index contributed by atoms with van der Waals surface area (Å²) in [7, 11) is 4.14. The van der Waals surface area contributed by atoms with E-state index in [1.807, 2.05) is 35.2 Å². The number of benzene rings is 1. The van der Waals surface area contributed by atoms with Crippen LogP contribution in [0.4, 0.5) is 0 Å². The summed E-state index contributed by atoms with van der Waals surface area (Å²) in [5, 5.41) is 10.5. The van der Waals surface area contributed by atoms with Gasteiger partial charge in [-0.05, 0) is 82.1 Å². The standard InChI is InChI=1S/C32H46N4O4/c1-4-5-18-35(19-9-8-17-34(2)3)30(37)23-36-22-27(24-11-14-29-25(21-24)15-20-40-29)31(32(38)39)28(36)13-12-26-10-6-7-16-33-26/h6-7,10-11,14,16,21,27-28,31H,4-5,8-9,12-13,15,17-20,22-23H2,1-3H3,(H,38,39)/t27-,28+,31-/m1/s1. The number of unbranched alkanes of at least 4 members (excludes halogenated alkanes) is 2. The summed E-state index contributed by atoms with van der Waals surface area (Å²) in [6.45, 7) is 6.12. The number of aromatic nitrogens is 1. The van der Waals surface area contributed by atoms with Crippen LogP contribution in [0, 0.1) is 5.92 Å². The second kappa shape index (κ2) is 14.6. The van der Waals surface area contributed by atoms with Gasteiger partial charge in [-0.25, -0.2) is 0 Å². The van der Waals surface area contributed by atoms with Crippen LogP contribution < -0.4 is 4.74 Å². The van der Waals surface area contributed by atoms with Crippen LogP contribution in [0.3, 0.4) is 0 Å². The molecule has 1 saturated heterocycles. The van der Waals surface area contributed by atoms with Crippen molar-refractivity contribution < 1.29 is 19.4 Å². The van der Waals surface area contributed by atoms with Gasteiger partial charge in [-0.15, -0.1) is 0 Å². The molecule has 0 spiro atoms. The molecular weight excluding hydrogens is 504 g/mol. The molecule has 40 heavy (non-hydrogen) atoms. The van der Waals surface area contributed by atoms with Crippen molar-refractivity contribution in [3.8, 4) is 5.75 Å². The van der Waals surface area contributed by atoms with Gasteiger partial charge in [0.15, 0.2) is 0 Å². The number of aliphatic carboxylic acids is 1. The first kappa shape index (κ1) is 30.0. The van der Waals surface area contributed by atoms with Crippen LogP contribution >= 0.6 is 0 Å². The maximum Gasteiger partial charge on any atom is 0.308 e. The molecule has 1 N–H and O–H groups in total. The third-order valence-corrected chi connectivity index (χ3v) is 8.35. The lowest BCUT2D eigenvalue weighted by Gasteiger charge is -2.30. The van der Waals surface area contributed by atoms with E-state index in [-0.39, 0.29) is 24.4 Å². The van der Waals surface area contributed by atoms with Crippen LogP contribution in [0.1, 0.15) is 61.8 Å². The number of likely N-dealkylation sites (tertiary alicyclic amines) is 1. The molecule has 4 rings (SSSR count). The van der Waals surface area contributed by atoms with Crippen LogP contribution in [-0.2, 0) is 22.4 Å². The normalized spacial score (nSPS) is 20.4. The molecule has 1 aromatic carbocycles. The Balaban J connectivity index is 1.54. The Morgan fingerprint density at radius 2 is 1.90 bits per heavy atom. The molecule has 0 saturated carbocycles. The average Bonchev–Trinajstić information content (AvgIpc) is 3.56. The molecule has 0 bridgehead atoms. The Morgan fingerprint density at radius 1 is 1.10 bits per heavy atom. The van der Waals surface area contributed by atoms with E-state index in [4.69, 9.17) is 4.74 Å². The lowest BCUT2D eigenvalue weighted by Crippen LogP contribution is -2.45. The molecule has 8 nitrogen and oxygen atoms in total. The Morgan fingerprint density at radius 3 is 2.62 bits per heavy atom. The molecular formula is C32H46N4O4. The average molecular weight is 551 g/mol. The number of pyridine rings is 1. The van der Waals surface area contributed by atoms with Crippen molar-refractivity contribution in [3.63, 3.8) is 0 Å². The number of carboxylic acid groups (broad SMARTS) is 1. The maximum atomic E-state index is 13.7. The molecule has 2 aliphatic rings. The second-order valence-electron chi connectivity index (χ2n) is 11.5. The number of hydrogen-bond acceptors (Lipinski definition) is 6. The highest BCUT2D eigenvalue weighted by molar-refractivity contribution is 5.79. The van der Waals surface area contributed by atoms with Crippen LogP contribution in [0.2, 0.25) is 0 Å². The summed E-state index contributed by atoms with van der Waals surface area (Å²) in [6, 6.07) is 11.7. The van der Waals surface area contributed by atoms with Crippen LogP contribution in [0.5, 0.6) is 5.75 Å². The summed E-state index contributed by atoms with van der Waals surface area (Å²) in [5.74, 6) is -0.578. The monoisotopic (exact) mass is 550 g/mol. The summed E-state index contributed by atoms with van der Waals surface area (Å²) >= 11 is 0. The van der Waals surface area contributed by atoms with E-state index in [1.165, 1.54) is 0 Å². The number of hydrogen-bond donors (Lipinski definition) is 1. The molecule has 2 aliphatic heterocycles. The van der Waals surface area contributed by atoms with Gasteiger partial charge in [-0.3, -0.25) is 19.5 Å². The first-order valence-electron chi connectivity index (χ1n) is 14.9. The summed E-state index contributed by atoms with van der Waals surface area (Å²) in [6.07, 6.45) is 7.96. The molecule has 1 amide bonds. The highest BCUT2D eigenvalue weighted by Crippen LogP contribution is 2.41. The van der Waals surface area contributed by atoms with E-state index >= 15 is 0 Å². The number of carbonyl (C=O) groups excluding carboxylic acids is 1. The molecule has 218 valence electrons. The Bertz CT molecular complexity index is 1110. The molecule has 3 atom stereocenters. The fraction of sp³-hybridized carbons (Fsp3) is 0.594. The number of ether oxygens (including phenoxy) is 1. The van der Waals surface area contributed by atoms with Crippen molar-refractivity contribution in [2.24, 2.45) is 5.92 Å². The zero-order valence-electron chi connectivity index (χ0n) is 24.4. The predicted octanol–water partition coefficient (Wildman–Crippen LogP) is 4.09. The van der Waals surface area contributed by atoms with Gasteiger partial charge >= 0.3 is 5.97 Å². The number of carbonyl (C=O) groups is 2. The highest BCUT2D eigenvalue weighted by Gasteiger charge is 2.47. The van der Waals surface area contributed by atoms with E-state index in [0.29, 0.717) is 26.0 Å². The SMILES string of the molecule is CCCCN(CCCCN(C)C)C(=O)CN1C[C@H](c2ccc3c(c2)CCO3)[C@@H](C(=O)O)[C@@H]1CCc1ccccn1. The molecule has 0 unspecified atom stereocenters. The van der Waals surface area contributed by atoms with Crippen molar-refractivity contribution >= 4 is 11.9 Å². The fourth-order valence-corrected chi connectivity index (χ4v) is 6.18. The number of nitrogens with zero attached hydrogens (tertiary/aromatic N) is 4. The van der Waals surface area contributed by atoms with Crippen molar-refractivity contribution in [2.75, 3.05) is 53.4 Å². The van der Waals surface area contributed by atoms with Gasteiger partial charge in [0.25, 0.3) is 0 Å². The Labute approximate surface area is 239 Å². The van der Waals surface area contributed by atoms with Crippen LogP contribution in [0.25, 0.3) is 0 Å². The quantitative estimate of drug-likeness (QED) is 0.334. The van der Waals surface area contributed by atoms with Crippen LogP contribution in [0.15, 0.2) is 42.6 Å². The van der Waals surface area contributed by atoms with Gasteiger partial charge in [0.1, 0.15) is 5.75 Å². The van der Waals surface area contributed by atoms with E-state index in [0.717, 1.165) is 74.3 Å². The smallest absolute Gasteiger partial charge is 0.308 e. The third kappa shape index (κ3) is 7.82. The Kier molecular flexibility index (Phi) is 10.9. The maximum absolute atomic E-state index is 13.7. The van der Waals surface area contributed by atoms with Gasteiger partial charge in [-0.2, -0.15) is 0 Å². The van der Waals surface area contributed by atoms with E-state index in [9.17, 15) is 14.7 Å². The molecule has 0 aliphatic carbocycles. The van der Waals surface area contributed by atoms with E-state index in [2.05, 4.69) is 41.9 Å². The largest absolute Gasteiger partial charge is 0.493 e. The van der Waals surface area contributed by atoms with Crippen molar-refractivity contribution in [2.45, 2.75) is 63.8 Å². The van der Waals surface area contributed by atoms with E-state index in [1.54, 1.807) is 6.20 Å². The summed E-state index contributed by atoms with van der Waals surface area (Å²) in [4.78, 5) is 37.3. The van der Waals surface area contributed by atoms with Crippen molar-refractivity contribution in [3.05, 3.63) is 59.4 Å². The minimum absolute atomic E-state index is 0.105. The summed E-state index contributed by atoms with van der Waals surface area (Å²) < 4.78 is 5.70. The molecule has 3 heterocycles. The van der Waals surface area contributed by atoms with Gasteiger partial charge in [0, 0.05) is 49.9 Å². The van der Waals surface area contributed by atoms with Gasteiger partial charge in [-0.1, -0.05) is 31.5 Å². The Hall–Kier alpha value is -2.97. The topological polar surface area (TPSA) is 86.2 Å². The molecule has 8 heteroatoms. The third-order valence-electron chi connectivity index (χ3n) is 8.35. The van der Waals surface area contributed by atoms with Gasteiger partial charge < -0.3 is 19.6 Å². The van der Waals surface area contributed by atoms with Gasteiger partial charge in [0.05, 0.1) is 19.1 Å².